The second kappa shape index (κ2) is 3.43. The van der Waals surface area contributed by atoms with Gasteiger partial charge < -0.3 is 5.73 Å². The first kappa shape index (κ1) is 10.3. The SMILES string of the molecule is CC(C)(N)Cn1cnc2sccc2c1=O. The van der Waals surface area contributed by atoms with Crippen molar-refractivity contribution in [2.24, 2.45) is 5.73 Å². The molecule has 0 spiro atoms. The van der Waals surface area contributed by atoms with Gasteiger partial charge in [-0.1, -0.05) is 0 Å². The zero-order valence-corrected chi connectivity index (χ0v) is 9.54. The number of hydrogen-bond acceptors (Lipinski definition) is 4. The fourth-order valence-electron chi connectivity index (χ4n) is 1.44. The standard InChI is InChI=1S/C10H13N3OS/c1-10(2,11)5-13-6-12-8-7(9(13)14)3-4-15-8/h3-4,6H,5,11H2,1-2H3. The predicted molar refractivity (Wildman–Crippen MR) is 62.1 cm³/mol. The van der Waals surface area contributed by atoms with Gasteiger partial charge in [0.05, 0.1) is 11.7 Å². The molecule has 80 valence electrons. The van der Waals surface area contributed by atoms with Crippen LogP contribution in [0.4, 0.5) is 0 Å². The second-order valence-corrected chi connectivity index (χ2v) is 5.20. The van der Waals surface area contributed by atoms with E-state index in [4.69, 9.17) is 5.73 Å². The minimum absolute atomic E-state index is 0.0141. The summed E-state index contributed by atoms with van der Waals surface area (Å²) < 4.78 is 1.56. The van der Waals surface area contributed by atoms with Crippen molar-refractivity contribution in [3.8, 4) is 0 Å². The topological polar surface area (TPSA) is 60.9 Å². The highest BCUT2D eigenvalue weighted by Gasteiger charge is 2.13. The normalized spacial score (nSPS) is 12.2. The van der Waals surface area contributed by atoms with E-state index in [1.807, 2.05) is 19.2 Å². The Kier molecular flexibility index (Phi) is 2.36. The Bertz CT molecular complexity index is 535. The number of fused-ring (bicyclic) bond motifs is 1. The number of nitrogens with zero attached hydrogens (tertiary/aromatic N) is 2. The molecule has 2 rings (SSSR count). The maximum atomic E-state index is 11.9. The van der Waals surface area contributed by atoms with Crippen LogP contribution in [-0.4, -0.2) is 15.1 Å². The summed E-state index contributed by atoms with van der Waals surface area (Å²) >= 11 is 1.47. The summed E-state index contributed by atoms with van der Waals surface area (Å²) in [4.78, 5) is 16.9. The fourth-order valence-corrected chi connectivity index (χ4v) is 2.17. The Labute approximate surface area is 91.4 Å². The molecule has 2 heterocycles. The van der Waals surface area contributed by atoms with Gasteiger partial charge in [-0.2, -0.15) is 0 Å². The third-order valence-electron chi connectivity index (χ3n) is 2.03. The molecule has 2 N–H and O–H groups in total. The summed E-state index contributed by atoms with van der Waals surface area (Å²) in [6, 6.07) is 1.80. The van der Waals surface area contributed by atoms with Gasteiger partial charge in [0.15, 0.2) is 0 Å². The van der Waals surface area contributed by atoms with Crippen molar-refractivity contribution < 1.29 is 0 Å². The summed E-state index contributed by atoms with van der Waals surface area (Å²) in [5.74, 6) is 0. The first-order valence-electron chi connectivity index (χ1n) is 4.69. The van der Waals surface area contributed by atoms with Crippen molar-refractivity contribution in [1.29, 1.82) is 0 Å². The van der Waals surface area contributed by atoms with E-state index in [9.17, 15) is 4.79 Å². The van der Waals surface area contributed by atoms with Crippen LogP contribution in [0, 0.1) is 0 Å². The molecule has 0 saturated heterocycles. The third-order valence-corrected chi connectivity index (χ3v) is 2.85. The lowest BCUT2D eigenvalue weighted by Gasteiger charge is -2.19. The smallest absolute Gasteiger partial charge is 0.262 e. The quantitative estimate of drug-likeness (QED) is 0.832. The Morgan fingerprint density at radius 2 is 2.33 bits per heavy atom. The molecule has 0 aromatic carbocycles. The van der Waals surface area contributed by atoms with E-state index >= 15 is 0 Å². The molecule has 0 aliphatic rings. The Morgan fingerprint density at radius 1 is 1.60 bits per heavy atom. The highest BCUT2D eigenvalue weighted by Crippen LogP contribution is 2.13. The lowest BCUT2D eigenvalue weighted by molar-refractivity contribution is 0.425. The number of rotatable bonds is 2. The number of thiophene rings is 1. The van der Waals surface area contributed by atoms with Crippen molar-refractivity contribution >= 4 is 21.6 Å². The van der Waals surface area contributed by atoms with Crippen molar-refractivity contribution in [3.05, 3.63) is 28.1 Å². The number of hydrogen-bond donors (Lipinski definition) is 1. The van der Waals surface area contributed by atoms with Crippen LogP contribution < -0.4 is 11.3 Å². The zero-order valence-electron chi connectivity index (χ0n) is 8.73. The molecular formula is C10H13N3OS. The van der Waals surface area contributed by atoms with E-state index in [0.717, 1.165) is 4.83 Å². The summed E-state index contributed by atoms with van der Waals surface area (Å²) in [6.45, 7) is 4.25. The molecule has 0 aliphatic carbocycles. The van der Waals surface area contributed by atoms with Crippen LogP contribution in [0.1, 0.15) is 13.8 Å². The highest BCUT2D eigenvalue weighted by atomic mass is 32.1. The fraction of sp³-hybridized carbons (Fsp3) is 0.400. The van der Waals surface area contributed by atoms with E-state index < -0.39 is 5.54 Å². The molecule has 0 fully saturated rings. The molecule has 2 aromatic rings. The average molecular weight is 223 g/mol. The van der Waals surface area contributed by atoms with Gasteiger partial charge in [-0.05, 0) is 25.3 Å². The molecule has 0 radical (unpaired) electrons. The lowest BCUT2D eigenvalue weighted by atomic mass is 10.1. The van der Waals surface area contributed by atoms with E-state index in [0.29, 0.717) is 11.9 Å². The minimum atomic E-state index is -0.408. The van der Waals surface area contributed by atoms with Crippen LogP contribution in [0.5, 0.6) is 0 Å². The summed E-state index contributed by atoms with van der Waals surface area (Å²) in [5, 5.41) is 2.54. The van der Waals surface area contributed by atoms with Gasteiger partial charge in [-0.25, -0.2) is 4.98 Å². The van der Waals surface area contributed by atoms with Gasteiger partial charge in [-0.15, -0.1) is 11.3 Å². The molecule has 0 bridgehead atoms. The molecule has 0 saturated carbocycles. The third kappa shape index (κ3) is 2.08. The van der Waals surface area contributed by atoms with Crippen molar-refractivity contribution in [3.63, 3.8) is 0 Å². The Hall–Kier alpha value is -1.20. The second-order valence-electron chi connectivity index (χ2n) is 4.31. The summed E-state index contributed by atoms with van der Waals surface area (Å²) in [7, 11) is 0. The first-order valence-corrected chi connectivity index (χ1v) is 5.57. The van der Waals surface area contributed by atoms with E-state index in [1.54, 1.807) is 17.0 Å². The molecule has 5 heteroatoms. The maximum Gasteiger partial charge on any atom is 0.262 e. The zero-order chi connectivity index (χ0) is 11.1. The van der Waals surface area contributed by atoms with Crippen LogP contribution in [0.15, 0.2) is 22.6 Å². The Balaban J connectivity index is 2.53. The molecule has 4 nitrogen and oxygen atoms in total. The number of aromatic nitrogens is 2. The highest BCUT2D eigenvalue weighted by molar-refractivity contribution is 7.16. The molecular weight excluding hydrogens is 210 g/mol. The molecule has 0 amide bonds. The van der Waals surface area contributed by atoms with Crippen molar-refractivity contribution in [1.82, 2.24) is 9.55 Å². The van der Waals surface area contributed by atoms with Gasteiger partial charge in [-0.3, -0.25) is 9.36 Å². The van der Waals surface area contributed by atoms with Gasteiger partial charge in [0.1, 0.15) is 4.83 Å². The lowest BCUT2D eigenvalue weighted by Crippen LogP contribution is -2.40. The number of nitrogens with two attached hydrogens (primary N) is 1. The minimum Gasteiger partial charge on any atom is -0.324 e. The van der Waals surface area contributed by atoms with Gasteiger partial charge in [0, 0.05) is 12.1 Å². The summed E-state index contributed by atoms with van der Waals surface area (Å²) in [6.07, 6.45) is 1.57. The van der Waals surface area contributed by atoms with Crippen LogP contribution in [0.3, 0.4) is 0 Å². The van der Waals surface area contributed by atoms with Gasteiger partial charge in [0.2, 0.25) is 0 Å². The van der Waals surface area contributed by atoms with Crippen LogP contribution in [0.25, 0.3) is 10.2 Å². The van der Waals surface area contributed by atoms with Crippen LogP contribution >= 0.6 is 11.3 Å². The van der Waals surface area contributed by atoms with Gasteiger partial charge in [0.25, 0.3) is 5.56 Å². The molecule has 0 aliphatic heterocycles. The first-order chi connectivity index (χ1) is 6.97. The molecule has 15 heavy (non-hydrogen) atoms. The van der Waals surface area contributed by atoms with E-state index in [1.165, 1.54) is 11.3 Å². The average Bonchev–Trinajstić information content (AvgIpc) is 2.56. The Morgan fingerprint density at radius 3 is 3.00 bits per heavy atom. The van der Waals surface area contributed by atoms with Crippen molar-refractivity contribution in [2.75, 3.05) is 0 Å². The van der Waals surface area contributed by atoms with E-state index in [-0.39, 0.29) is 5.56 Å². The molecule has 0 atom stereocenters. The van der Waals surface area contributed by atoms with Crippen molar-refractivity contribution in [2.45, 2.75) is 25.9 Å². The molecule has 0 unspecified atom stereocenters. The van der Waals surface area contributed by atoms with E-state index in [2.05, 4.69) is 4.98 Å². The molecule has 2 aromatic heterocycles. The largest absolute Gasteiger partial charge is 0.324 e. The summed E-state index contributed by atoms with van der Waals surface area (Å²) in [5.41, 5.74) is 5.45. The monoisotopic (exact) mass is 223 g/mol. The van der Waals surface area contributed by atoms with Crippen LogP contribution in [-0.2, 0) is 6.54 Å². The maximum absolute atomic E-state index is 11.9. The van der Waals surface area contributed by atoms with Crippen LogP contribution in [0.2, 0.25) is 0 Å². The predicted octanol–water partition coefficient (Wildman–Crippen LogP) is 1.20. The van der Waals surface area contributed by atoms with Gasteiger partial charge >= 0.3 is 0 Å².